The van der Waals surface area contributed by atoms with Crippen LogP contribution in [0.3, 0.4) is 0 Å². The predicted molar refractivity (Wildman–Crippen MR) is 103 cm³/mol. The van der Waals surface area contributed by atoms with E-state index in [1.165, 1.54) is 0 Å². The zero-order chi connectivity index (χ0) is 18.5. The van der Waals surface area contributed by atoms with Gasteiger partial charge in [-0.15, -0.1) is 0 Å². The van der Waals surface area contributed by atoms with Crippen LogP contribution in [0.25, 0.3) is 5.69 Å². The Morgan fingerprint density at radius 3 is 2.50 bits per heavy atom. The first-order valence-electron chi connectivity index (χ1n) is 8.60. The number of nitrogens with one attached hydrogen (secondary N) is 2. The second-order valence-electron chi connectivity index (χ2n) is 6.25. The largest absolute Gasteiger partial charge is 0.367 e. The van der Waals surface area contributed by atoms with Crippen LogP contribution in [0.2, 0.25) is 0 Å². The van der Waals surface area contributed by atoms with Crippen LogP contribution in [0, 0.1) is 20.8 Å². The Bertz CT molecular complexity index is 882. The Hall–Kier alpha value is -3.15. The normalized spacial score (nSPS) is 10.6. The molecule has 0 radical (unpaired) electrons. The molecule has 0 saturated carbocycles. The van der Waals surface area contributed by atoms with E-state index in [9.17, 15) is 4.79 Å². The van der Waals surface area contributed by atoms with E-state index in [2.05, 4.69) is 37.3 Å². The topological polar surface area (TPSA) is 71.8 Å². The van der Waals surface area contributed by atoms with E-state index >= 15 is 0 Å². The van der Waals surface area contributed by atoms with Crippen LogP contribution in [-0.2, 0) is 0 Å². The monoisotopic (exact) mass is 349 g/mol. The van der Waals surface area contributed by atoms with Gasteiger partial charge in [-0.05, 0) is 45.0 Å². The van der Waals surface area contributed by atoms with Crippen LogP contribution < -0.4 is 10.6 Å². The Morgan fingerprint density at radius 1 is 1.04 bits per heavy atom. The zero-order valence-electron chi connectivity index (χ0n) is 15.3. The van der Waals surface area contributed by atoms with E-state index in [1.807, 2.05) is 39.0 Å². The highest BCUT2D eigenvalue weighted by Crippen LogP contribution is 2.21. The highest BCUT2D eigenvalue weighted by Gasteiger charge is 2.15. The third kappa shape index (κ3) is 3.91. The predicted octanol–water partition coefficient (Wildman–Crippen LogP) is 3.03. The summed E-state index contributed by atoms with van der Waals surface area (Å²) in [5.74, 6) is 0.605. The minimum absolute atomic E-state index is 0.0860. The van der Waals surface area contributed by atoms with Gasteiger partial charge in [0.15, 0.2) is 0 Å². The van der Waals surface area contributed by atoms with Gasteiger partial charge in [-0.25, -0.2) is 4.98 Å². The maximum Gasteiger partial charge on any atom is 0.253 e. The fourth-order valence-corrected chi connectivity index (χ4v) is 2.93. The SMILES string of the molecule is Cc1ccc(-n2c(C)ccc2C)c(C(=O)NCCNc2cnccn2)c1. The maximum atomic E-state index is 12.8. The maximum absolute atomic E-state index is 12.8. The van der Waals surface area contributed by atoms with Crippen LogP contribution in [0.1, 0.15) is 27.3 Å². The summed E-state index contributed by atoms with van der Waals surface area (Å²) < 4.78 is 2.10. The van der Waals surface area contributed by atoms with Crippen LogP contribution in [0.5, 0.6) is 0 Å². The van der Waals surface area contributed by atoms with Gasteiger partial charge in [-0.2, -0.15) is 0 Å². The number of benzene rings is 1. The van der Waals surface area contributed by atoms with E-state index in [-0.39, 0.29) is 5.91 Å². The van der Waals surface area contributed by atoms with E-state index in [0.717, 1.165) is 22.6 Å². The van der Waals surface area contributed by atoms with Crippen LogP contribution in [0.15, 0.2) is 48.9 Å². The Kier molecular flexibility index (Phi) is 5.31. The summed E-state index contributed by atoms with van der Waals surface area (Å²) in [7, 11) is 0. The van der Waals surface area contributed by atoms with Crippen molar-refractivity contribution in [2.75, 3.05) is 18.4 Å². The summed E-state index contributed by atoms with van der Waals surface area (Å²) in [5.41, 5.74) is 4.83. The number of hydrogen-bond donors (Lipinski definition) is 2. The quantitative estimate of drug-likeness (QED) is 0.671. The molecular weight excluding hydrogens is 326 g/mol. The highest BCUT2D eigenvalue weighted by molar-refractivity contribution is 5.98. The molecule has 6 nitrogen and oxygen atoms in total. The molecule has 3 aromatic rings. The average molecular weight is 349 g/mol. The van der Waals surface area contributed by atoms with Crippen molar-refractivity contribution in [1.82, 2.24) is 19.9 Å². The summed E-state index contributed by atoms with van der Waals surface area (Å²) in [5, 5.41) is 6.10. The minimum Gasteiger partial charge on any atom is -0.367 e. The molecule has 6 heteroatoms. The third-order valence-electron chi connectivity index (χ3n) is 4.19. The number of nitrogens with zero attached hydrogens (tertiary/aromatic N) is 3. The highest BCUT2D eigenvalue weighted by atomic mass is 16.1. The van der Waals surface area contributed by atoms with Crippen molar-refractivity contribution in [3.05, 3.63) is 71.4 Å². The van der Waals surface area contributed by atoms with Crippen LogP contribution >= 0.6 is 0 Å². The molecule has 0 aliphatic rings. The Balaban J connectivity index is 1.72. The summed E-state index contributed by atoms with van der Waals surface area (Å²) in [6, 6.07) is 10.1. The molecule has 0 unspecified atom stereocenters. The van der Waals surface area contributed by atoms with Gasteiger partial charge in [-0.3, -0.25) is 9.78 Å². The standard InChI is InChI=1S/C20H23N5O/c1-14-4-7-18(25-15(2)5-6-16(25)3)17(12-14)20(26)24-11-10-23-19-13-21-8-9-22-19/h4-9,12-13H,10-11H2,1-3H3,(H,22,23)(H,24,26). The lowest BCUT2D eigenvalue weighted by Gasteiger charge is -2.15. The number of carbonyl (C=O) groups excluding carboxylic acids is 1. The molecule has 0 bridgehead atoms. The first-order valence-corrected chi connectivity index (χ1v) is 8.60. The van der Waals surface area contributed by atoms with Crippen LogP contribution in [0.4, 0.5) is 5.82 Å². The number of hydrogen-bond acceptors (Lipinski definition) is 4. The molecule has 0 spiro atoms. The molecule has 1 aromatic carbocycles. The fraction of sp³-hybridized carbons (Fsp3) is 0.250. The first kappa shape index (κ1) is 17.7. The van der Waals surface area contributed by atoms with Crippen molar-refractivity contribution in [3.8, 4) is 5.69 Å². The van der Waals surface area contributed by atoms with E-state index in [1.54, 1.807) is 18.6 Å². The van der Waals surface area contributed by atoms with Gasteiger partial charge in [0.25, 0.3) is 5.91 Å². The third-order valence-corrected chi connectivity index (χ3v) is 4.19. The van der Waals surface area contributed by atoms with Gasteiger partial charge in [0, 0.05) is 36.9 Å². The van der Waals surface area contributed by atoms with Crippen molar-refractivity contribution in [2.45, 2.75) is 20.8 Å². The number of carbonyl (C=O) groups is 1. The Morgan fingerprint density at radius 2 is 1.81 bits per heavy atom. The molecule has 2 aromatic heterocycles. The lowest BCUT2D eigenvalue weighted by molar-refractivity contribution is 0.0955. The summed E-state index contributed by atoms with van der Waals surface area (Å²) in [4.78, 5) is 20.9. The van der Waals surface area contributed by atoms with E-state index in [0.29, 0.717) is 24.5 Å². The van der Waals surface area contributed by atoms with Crippen LogP contribution in [-0.4, -0.2) is 33.5 Å². The zero-order valence-corrected chi connectivity index (χ0v) is 15.3. The minimum atomic E-state index is -0.0860. The van der Waals surface area contributed by atoms with Gasteiger partial charge in [0.2, 0.25) is 0 Å². The smallest absolute Gasteiger partial charge is 0.253 e. The second-order valence-corrected chi connectivity index (χ2v) is 6.25. The molecule has 2 heterocycles. The number of anilines is 1. The average Bonchev–Trinajstić information content (AvgIpc) is 2.98. The van der Waals surface area contributed by atoms with E-state index in [4.69, 9.17) is 0 Å². The number of rotatable bonds is 6. The van der Waals surface area contributed by atoms with E-state index < -0.39 is 0 Å². The van der Waals surface area contributed by atoms with Gasteiger partial charge < -0.3 is 15.2 Å². The second kappa shape index (κ2) is 7.82. The molecule has 0 saturated heterocycles. The molecule has 26 heavy (non-hydrogen) atoms. The lowest BCUT2D eigenvalue weighted by atomic mass is 10.1. The van der Waals surface area contributed by atoms with Crippen molar-refractivity contribution in [1.29, 1.82) is 0 Å². The molecular formula is C20H23N5O. The van der Waals surface area contributed by atoms with Crippen molar-refractivity contribution >= 4 is 11.7 Å². The molecule has 134 valence electrons. The molecule has 0 aliphatic carbocycles. The van der Waals surface area contributed by atoms with Crippen molar-refractivity contribution < 1.29 is 4.79 Å². The molecule has 0 atom stereocenters. The molecule has 1 amide bonds. The molecule has 2 N–H and O–H groups in total. The number of aromatic nitrogens is 3. The molecule has 0 aliphatic heterocycles. The van der Waals surface area contributed by atoms with Gasteiger partial charge in [-0.1, -0.05) is 11.6 Å². The fourth-order valence-electron chi connectivity index (χ4n) is 2.93. The molecule has 3 rings (SSSR count). The number of aryl methyl sites for hydroxylation is 3. The number of amides is 1. The summed E-state index contributed by atoms with van der Waals surface area (Å²) in [6.45, 7) is 7.14. The molecule has 0 fully saturated rings. The first-order chi connectivity index (χ1) is 12.6. The van der Waals surface area contributed by atoms with Gasteiger partial charge in [0.05, 0.1) is 17.4 Å². The summed E-state index contributed by atoms with van der Waals surface area (Å²) in [6.07, 6.45) is 4.90. The summed E-state index contributed by atoms with van der Waals surface area (Å²) >= 11 is 0. The van der Waals surface area contributed by atoms with Gasteiger partial charge in [0.1, 0.15) is 5.82 Å². The van der Waals surface area contributed by atoms with Gasteiger partial charge >= 0.3 is 0 Å². The lowest BCUT2D eigenvalue weighted by Crippen LogP contribution is -2.30. The Labute approximate surface area is 153 Å². The van der Waals surface area contributed by atoms with Crippen molar-refractivity contribution in [2.24, 2.45) is 0 Å². The van der Waals surface area contributed by atoms with Crippen molar-refractivity contribution in [3.63, 3.8) is 0 Å².